The highest BCUT2D eigenvalue weighted by Crippen LogP contribution is 2.20. The van der Waals surface area contributed by atoms with Gasteiger partial charge in [-0.2, -0.15) is 0 Å². The number of hydrogen-bond donors (Lipinski definition) is 0. The van der Waals surface area contributed by atoms with Crippen molar-refractivity contribution in [2.75, 3.05) is 14.2 Å². The first kappa shape index (κ1) is 11.6. The monoisotopic (exact) mass is 249 g/mol. The van der Waals surface area contributed by atoms with Crippen LogP contribution in [0.3, 0.4) is 0 Å². The minimum atomic E-state index is -0.238. The van der Waals surface area contributed by atoms with E-state index in [4.69, 9.17) is 21.7 Å². The number of thiocarbonyl (C=S) groups is 1. The van der Waals surface area contributed by atoms with E-state index >= 15 is 0 Å². The molecule has 1 aliphatic heterocycles. The highest BCUT2D eigenvalue weighted by Gasteiger charge is 2.29. The molecule has 1 aliphatic rings. The van der Waals surface area contributed by atoms with Gasteiger partial charge in [-0.05, 0) is 36.0 Å². The highest BCUT2D eigenvalue weighted by molar-refractivity contribution is 7.80. The van der Waals surface area contributed by atoms with E-state index in [1.54, 1.807) is 20.2 Å². The van der Waals surface area contributed by atoms with E-state index in [-0.39, 0.29) is 16.8 Å². The second-order valence-electron chi connectivity index (χ2n) is 3.52. The van der Waals surface area contributed by atoms with Gasteiger partial charge in [0.15, 0.2) is 5.76 Å². The van der Waals surface area contributed by atoms with Gasteiger partial charge >= 0.3 is 0 Å². The summed E-state index contributed by atoms with van der Waals surface area (Å²) in [6, 6.07) is 7.33. The molecular formula is C12H11NO3S. The van der Waals surface area contributed by atoms with Crippen molar-refractivity contribution in [2.45, 2.75) is 0 Å². The first-order chi connectivity index (χ1) is 8.11. The van der Waals surface area contributed by atoms with E-state index in [2.05, 4.69) is 0 Å². The smallest absolute Gasteiger partial charge is 0.296 e. The van der Waals surface area contributed by atoms with Gasteiger partial charge in [-0.3, -0.25) is 9.69 Å². The number of nitrogens with zero attached hydrogens (tertiary/aromatic N) is 1. The maximum Gasteiger partial charge on any atom is 0.296 e. The molecule has 0 aromatic heterocycles. The normalized spacial score (nSPS) is 17.5. The van der Waals surface area contributed by atoms with E-state index in [0.717, 1.165) is 11.3 Å². The number of methoxy groups -OCH3 is 1. The van der Waals surface area contributed by atoms with Gasteiger partial charge in [0.2, 0.25) is 0 Å². The van der Waals surface area contributed by atoms with Gasteiger partial charge in [-0.25, -0.2) is 0 Å². The van der Waals surface area contributed by atoms with Crippen molar-refractivity contribution in [1.29, 1.82) is 0 Å². The van der Waals surface area contributed by atoms with Crippen molar-refractivity contribution in [3.8, 4) is 5.75 Å². The molecule has 1 aromatic rings. The predicted molar refractivity (Wildman–Crippen MR) is 67.4 cm³/mol. The van der Waals surface area contributed by atoms with Gasteiger partial charge < -0.3 is 9.47 Å². The lowest BCUT2D eigenvalue weighted by Crippen LogP contribution is -2.22. The minimum Gasteiger partial charge on any atom is -0.497 e. The van der Waals surface area contributed by atoms with Crippen molar-refractivity contribution >= 4 is 29.4 Å². The van der Waals surface area contributed by atoms with E-state index in [0.29, 0.717) is 0 Å². The third-order valence-corrected chi connectivity index (χ3v) is 2.74. The van der Waals surface area contributed by atoms with Gasteiger partial charge in [-0.15, -0.1) is 0 Å². The van der Waals surface area contributed by atoms with E-state index < -0.39 is 0 Å². The molecule has 0 atom stereocenters. The molecule has 88 valence electrons. The van der Waals surface area contributed by atoms with Crippen molar-refractivity contribution in [3.63, 3.8) is 0 Å². The Morgan fingerprint density at radius 3 is 2.82 bits per heavy atom. The fraction of sp³-hybridized carbons (Fsp3) is 0.167. The molecule has 1 saturated heterocycles. The lowest BCUT2D eigenvalue weighted by Gasteiger charge is -2.00. The van der Waals surface area contributed by atoms with Crippen LogP contribution in [0, 0.1) is 0 Å². The molecule has 0 radical (unpaired) electrons. The number of amides is 1. The molecule has 1 amide bonds. The number of rotatable bonds is 2. The summed E-state index contributed by atoms with van der Waals surface area (Å²) in [5, 5.41) is 0.171. The predicted octanol–water partition coefficient (Wildman–Crippen LogP) is 1.81. The number of benzene rings is 1. The standard InChI is InChI=1S/C12H11NO3S/c1-13-11(14)10(16-12(13)17)7-8-4-3-5-9(6-8)15-2/h3-7H,1-2H3/b10-7+. The summed E-state index contributed by atoms with van der Waals surface area (Å²) in [5.41, 5.74) is 0.825. The van der Waals surface area contributed by atoms with E-state index in [9.17, 15) is 4.79 Å². The van der Waals surface area contributed by atoms with Crippen molar-refractivity contribution in [3.05, 3.63) is 35.6 Å². The van der Waals surface area contributed by atoms with Gasteiger partial charge in [0.1, 0.15) is 5.75 Å². The number of likely N-dealkylation sites (N-methyl/N-ethyl adjacent to an activating group) is 1. The van der Waals surface area contributed by atoms with Crippen molar-refractivity contribution in [1.82, 2.24) is 4.90 Å². The number of carbonyl (C=O) groups is 1. The Hall–Kier alpha value is -1.88. The number of ether oxygens (including phenoxy) is 2. The minimum absolute atomic E-state index is 0.171. The molecule has 0 spiro atoms. The first-order valence-corrected chi connectivity index (χ1v) is 5.38. The molecule has 0 N–H and O–H groups in total. The molecule has 0 unspecified atom stereocenters. The van der Waals surface area contributed by atoms with Gasteiger partial charge in [0, 0.05) is 7.05 Å². The van der Waals surface area contributed by atoms with E-state index in [1.165, 1.54) is 4.90 Å². The second kappa shape index (κ2) is 4.55. The van der Waals surface area contributed by atoms with Crippen molar-refractivity contribution in [2.24, 2.45) is 0 Å². The molecule has 2 rings (SSSR count). The Morgan fingerprint density at radius 2 is 2.24 bits per heavy atom. The fourth-order valence-corrected chi connectivity index (χ4v) is 1.60. The average Bonchev–Trinajstić information content (AvgIpc) is 2.57. The third-order valence-electron chi connectivity index (χ3n) is 2.38. The average molecular weight is 249 g/mol. The Balaban J connectivity index is 2.30. The zero-order valence-corrected chi connectivity index (χ0v) is 10.3. The van der Waals surface area contributed by atoms with Crippen molar-refractivity contribution < 1.29 is 14.3 Å². The summed E-state index contributed by atoms with van der Waals surface area (Å²) in [7, 11) is 3.17. The first-order valence-electron chi connectivity index (χ1n) is 4.97. The number of carbonyl (C=O) groups excluding carboxylic acids is 1. The maximum atomic E-state index is 11.7. The molecule has 0 aliphatic carbocycles. The quantitative estimate of drug-likeness (QED) is 0.592. The van der Waals surface area contributed by atoms with Crippen LogP contribution in [0.15, 0.2) is 30.0 Å². The van der Waals surface area contributed by atoms with Crippen LogP contribution in [0.4, 0.5) is 0 Å². The zero-order chi connectivity index (χ0) is 12.4. The summed E-state index contributed by atoms with van der Waals surface area (Å²) < 4.78 is 10.3. The Morgan fingerprint density at radius 1 is 1.47 bits per heavy atom. The molecule has 1 fully saturated rings. The van der Waals surface area contributed by atoms with Gasteiger partial charge in [0.05, 0.1) is 7.11 Å². The topological polar surface area (TPSA) is 38.8 Å². The van der Waals surface area contributed by atoms with Gasteiger partial charge in [-0.1, -0.05) is 12.1 Å². The van der Waals surface area contributed by atoms with Crippen LogP contribution in [-0.2, 0) is 9.53 Å². The Labute approximate surface area is 104 Å². The Kier molecular flexibility index (Phi) is 3.10. The molecule has 1 aromatic carbocycles. The zero-order valence-electron chi connectivity index (χ0n) is 9.47. The molecule has 0 bridgehead atoms. The summed E-state index contributed by atoms with van der Waals surface area (Å²) in [6.45, 7) is 0. The van der Waals surface area contributed by atoms with Crippen LogP contribution in [0.5, 0.6) is 5.75 Å². The highest BCUT2D eigenvalue weighted by atomic mass is 32.1. The maximum absolute atomic E-state index is 11.7. The van der Waals surface area contributed by atoms with Crippen LogP contribution in [-0.4, -0.2) is 30.1 Å². The van der Waals surface area contributed by atoms with Crippen LogP contribution >= 0.6 is 12.2 Å². The van der Waals surface area contributed by atoms with Crippen LogP contribution < -0.4 is 4.74 Å². The third kappa shape index (κ3) is 2.29. The molecular weight excluding hydrogens is 238 g/mol. The molecule has 17 heavy (non-hydrogen) atoms. The summed E-state index contributed by atoms with van der Waals surface area (Å²) in [6.07, 6.45) is 1.64. The van der Waals surface area contributed by atoms with Crippen LogP contribution in [0.1, 0.15) is 5.56 Å². The fourth-order valence-electron chi connectivity index (χ4n) is 1.43. The second-order valence-corrected chi connectivity index (χ2v) is 3.87. The largest absolute Gasteiger partial charge is 0.497 e. The SMILES string of the molecule is COc1cccc(/C=C2/OC(=S)N(C)C2=O)c1. The summed E-state index contributed by atoms with van der Waals surface area (Å²) in [4.78, 5) is 13.0. The van der Waals surface area contributed by atoms with Crippen LogP contribution in [0.2, 0.25) is 0 Å². The lowest BCUT2D eigenvalue weighted by molar-refractivity contribution is -0.122. The van der Waals surface area contributed by atoms with Gasteiger partial charge in [0.25, 0.3) is 11.1 Å². The Bertz CT molecular complexity index is 510. The molecule has 0 saturated carbocycles. The molecule has 1 heterocycles. The summed E-state index contributed by atoms with van der Waals surface area (Å²) >= 11 is 4.88. The molecule has 4 nitrogen and oxygen atoms in total. The van der Waals surface area contributed by atoms with E-state index in [1.807, 2.05) is 24.3 Å². The summed E-state index contributed by atoms with van der Waals surface area (Å²) in [5.74, 6) is 0.712. The number of hydrogen-bond acceptors (Lipinski definition) is 4. The molecule has 5 heteroatoms. The van der Waals surface area contributed by atoms with Crippen LogP contribution in [0.25, 0.3) is 6.08 Å². The lowest BCUT2D eigenvalue weighted by atomic mass is 10.2.